The van der Waals surface area contributed by atoms with Gasteiger partial charge in [-0.15, -0.1) is 24.0 Å². The molecule has 2 atom stereocenters. The maximum atomic E-state index is 13.3. The summed E-state index contributed by atoms with van der Waals surface area (Å²) in [5.74, 6) is 0.813. The molecule has 6 nitrogen and oxygen atoms in total. The zero-order valence-corrected chi connectivity index (χ0v) is 21.4. The van der Waals surface area contributed by atoms with Crippen molar-refractivity contribution in [1.29, 1.82) is 0 Å². The third kappa shape index (κ3) is 6.66. The molecule has 0 radical (unpaired) electrons. The Bertz CT molecular complexity index is 965. The lowest BCUT2D eigenvalue weighted by atomic mass is 9.85. The van der Waals surface area contributed by atoms with E-state index in [1.807, 2.05) is 31.2 Å². The maximum absolute atomic E-state index is 13.3. The molecule has 1 amide bonds. The number of nitrogens with zero attached hydrogens (tertiary/aromatic N) is 2. The number of benzene rings is 2. The summed E-state index contributed by atoms with van der Waals surface area (Å²) in [6, 6.07) is 14.4. The summed E-state index contributed by atoms with van der Waals surface area (Å²) in [6.07, 6.45) is 2.98. The van der Waals surface area contributed by atoms with Crippen molar-refractivity contribution < 1.29 is 13.9 Å². The first-order valence-corrected chi connectivity index (χ1v) is 11.3. The number of carbonyl (C=O) groups is 1. The normalized spacial score (nSPS) is 21.1. The summed E-state index contributed by atoms with van der Waals surface area (Å²) in [5.41, 5.74) is 2.84. The summed E-state index contributed by atoms with van der Waals surface area (Å²) < 4.78 is 19.4. The van der Waals surface area contributed by atoms with Crippen molar-refractivity contribution in [3.8, 4) is 0 Å². The van der Waals surface area contributed by atoms with E-state index in [2.05, 4.69) is 20.5 Å². The number of aliphatic imine (C=N–C) groups is 1. The van der Waals surface area contributed by atoms with Gasteiger partial charge in [-0.25, -0.2) is 4.39 Å². The number of halogens is 2. The van der Waals surface area contributed by atoms with E-state index >= 15 is 0 Å². The molecule has 2 N–H and O–H groups in total. The minimum atomic E-state index is -0.252. The number of amides is 1. The second-order valence-corrected chi connectivity index (χ2v) is 8.61. The second-order valence-electron chi connectivity index (χ2n) is 8.61. The first kappa shape index (κ1) is 25.4. The van der Waals surface area contributed by atoms with E-state index in [-0.39, 0.29) is 53.8 Å². The van der Waals surface area contributed by atoms with E-state index < -0.39 is 0 Å². The fourth-order valence-electron chi connectivity index (χ4n) is 4.17. The number of rotatable bonds is 5. The van der Waals surface area contributed by atoms with Crippen molar-refractivity contribution in [2.75, 3.05) is 25.5 Å². The number of hydrogen-bond donors (Lipinski definition) is 2. The van der Waals surface area contributed by atoms with Crippen LogP contribution in [-0.2, 0) is 16.1 Å². The number of morpholine rings is 1. The van der Waals surface area contributed by atoms with Gasteiger partial charge in [0.1, 0.15) is 11.9 Å². The minimum absolute atomic E-state index is 0. The maximum Gasteiger partial charge on any atom is 0.227 e. The third-order valence-corrected chi connectivity index (χ3v) is 6.13. The fraction of sp³-hybridized carbons (Fsp3) is 0.440. The van der Waals surface area contributed by atoms with E-state index in [1.54, 1.807) is 19.2 Å². The van der Waals surface area contributed by atoms with E-state index in [9.17, 15) is 9.18 Å². The Morgan fingerprint density at radius 1 is 1.18 bits per heavy atom. The zero-order valence-electron chi connectivity index (χ0n) is 19.1. The molecule has 2 aliphatic rings. The fourth-order valence-corrected chi connectivity index (χ4v) is 4.17. The van der Waals surface area contributed by atoms with Crippen LogP contribution in [0.3, 0.4) is 0 Å². The molecule has 1 saturated heterocycles. The highest BCUT2D eigenvalue weighted by atomic mass is 127. The predicted molar refractivity (Wildman–Crippen MR) is 139 cm³/mol. The van der Waals surface area contributed by atoms with Gasteiger partial charge in [0.05, 0.1) is 12.6 Å². The first-order valence-electron chi connectivity index (χ1n) is 11.3. The number of anilines is 1. The lowest BCUT2D eigenvalue weighted by Gasteiger charge is -2.38. The molecular weight excluding hydrogens is 534 g/mol. The highest BCUT2D eigenvalue weighted by molar-refractivity contribution is 14.0. The number of nitrogens with one attached hydrogen (secondary N) is 2. The topological polar surface area (TPSA) is 66.0 Å². The average molecular weight is 566 g/mol. The highest BCUT2D eigenvalue weighted by Crippen LogP contribution is 2.28. The van der Waals surface area contributed by atoms with Crippen LogP contribution in [0.25, 0.3) is 0 Å². The Hall–Kier alpha value is -2.20. The molecule has 1 aliphatic heterocycles. The van der Waals surface area contributed by atoms with Crippen molar-refractivity contribution in [3.63, 3.8) is 0 Å². The van der Waals surface area contributed by atoms with Gasteiger partial charge in [0.2, 0.25) is 5.91 Å². The van der Waals surface area contributed by atoms with Crippen LogP contribution >= 0.6 is 24.0 Å². The molecule has 0 bridgehead atoms. The van der Waals surface area contributed by atoms with Crippen molar-refractivity contribution in [2.45, 2.75) is 44.9 Å². The smallest absolute Gasteiger partial charge is 0.227 e. The van der Waals surface area contributed by atoms with Crippen LogP contribution in [0.5, 0.6) is 0 Å². The lowest BCUT2D eigenvalue weighted by Crippen LogP contribution is -2.50. The van der Waals surface area contributed by atoms with Gasteiger partial charge in [0.25, 0.3) is 0 Å². The van der Waals surface area contributed by atoms with E-state index in [4.69, 9.17) is 4.74 Å². The minimum Gasteiger partial charge on any atom is -0.367 e. The van der Waals surface area contributed by atoms with Gasteiger partial charge in [-0.2, -0.15) is 0 Å². The van der Waals surface area contributed by atoms with E-state index in [0.29, 0.717) is 13.1 Å². The number of hydrogen-bond acceptors (Lipinski definition) is 3. The van der Waals surface area contributed by atoms with Crippen LogP contribution in [0.1, 0.15) is 43.4 Å². The largest absolute Gasteiger partial charge is 0.367 e. The van der Waals surface area contributed by atoms with Crippen LogP contribution in [0.15, 0.2) is 53.5 Å². The molecule has 1 saturated carbocycles. The summed E-state index contributed by atoms with van der Waals surface area (Å²) in [4.78, 5) is 18.9. The summed E-state index contributed by atoms with van der Waals surface area (Å²) in [7, 11) is 1.77. The molecule has 2 aromatic carbocycles. The quantitative estimate of drug-likeness (QED) is 0.313. The molecule has 1 aliphatic carbocycles. The second kappa shape index (κ2) is 11.8. The van der Waals surface area contributed by atoms with Gasteiger partial charge in [0.15, 0.2) is 5.96 Å². The van der Waals surface area contributed by atoms with Crippen LogP contribution in [0.2, 0.25) is 0 Å². The highest BCUT2D eigenvalue weighted by Gasteiger charge is 2.28. The van der Waals surface area contributed by atoms with Crippen LogP contribution < -0.4 is 10.6 Å². The SMILES string of the molecule is CN=C(NCc1cccc(NC(=O)C2CCC2)c1)N1CC(C)OC(c2ccc(F)cc2)C1.I. The molecule has 2 aromatic rings. The summed E-state index contributed by atoms with van der Waals surface area (Å²) >= 11 is 0. The van der Waals surface area contributed by atoms with E-state index in [1.165, 1.54) is 12.1 Å². The average Bonchev–Trinajstić information content (AvgIpc) is 2.73. The Morgan fingerprint density at radius 3 is 2.61 bits per heavy atom. The van der Waals surface area contributed by atoms with Crippen molar-refractivity contribution in [1.82, 2.24) is 10.2 Å². The number of carbonyl (C=O) groups excluding carboxylic acids is 1. The Kier molecular flexibility index (Phi) is 9.08. The molecule has 2 fully saturated rings. The Balaban J connectivity index is 0.00000306. The number of ether oxygens (including phenoxy) is 1. The van der Waals surface area contributed by atoms with Gasteiger partial charge in [0, 0.05) is 31.7 Å². The molecule has 33 heavy (non-hydrogen) atoms. The lowest BCUT2D eigenvalue weighted by molar-refractivity contribution is -0.122. The molecule has 178 valence electrons. The van der Waals surface area contributed by atoms with Gasteiger partial charge in [-0.1, -0.05) is 30.7 Å². The van der Waals surface area contributed by atoms with Gasteiger partial charge in [-0.3, -0.25) is 9.79 Å². The summed E-state index contributed by atoms with van der Waals surface area (Å²) in [6.45, 7) is 3.97. The molecule has 4 rings (SSSR count). The van der Waals surface area contributed by atoms with Crippen LogP contribution in [-0.4, -0.2) is 43.0 Å². The summed E-state index contributed by atoms with van der Waals surface area (Å²) in [5, 5.41) is 6.46. The molecule has 2 unspecified atom stereocenters. The molecule has 8 heteroatoms. The van der Waals surface area contributed by atoms with Crippen molar-refractivity contribution >= 4 is 41.5 Å². The Labute approximate surface area is 212 Å². The van der Waals surface area contributed by atoms with Gasteiger partial charge >= 0.3 is 0 Å². The standard InChI is InChI=1S/C25H31FN4O2.HI/c1-17-15-30(16-23(32-17)19-9-11-21(26)12-10-19)25(27-2)28-14-18-5-3-8-22(13-18)29-24(31)20-6-4-7-20;/h3,5,8-13,17,20,23H,4,6-7,14-16H2,1-2H3,(H,27,28)(H,29,31);1H. The molecule has 0 spiro atoms. The monoisotopic (exact) mass is 566 g/mol. The van der Waals surface area contributed by atoms with Crippen molar-refractivity contribution in [3.05, 3.63) is 65.5 Å². The van der Waals surface area contributed by atoms with Crippen LogP contribution in [0.4, 0.5) is 10.1 Å². The van der Waals surface area contributed by atoms with Crippen LogP contribution in [0, 0.1) is 11.7 Å². The Morgan fingerprint density at radius 2 is 1.94 bits per heavy atom. The molecule has 0 aromatic heterocycles. The third-order valence-electron chi connectivity index (χ3n) is 6.13. The number of guanidine groups is 1. The van der Waals surface area contributed by atoms with Gasteiger partial charge in [-0.05, 0) is 55.2 Å². The van der Waals surface area contributed by atoms with E-state index in [0.717, 1.165) is 48.6 Å². The van der Waals surface area contributed by atoms with Crippen molar-refractivity contribution in [2.24, 2.45) is 10.9 Å². The van der Waals surface area contributed by atoms with Gasteiger partial charge < -0.3 is 20.3 Å². The zero-order chi connectivity index (χ0) is 22.5. The first-order chi connectivity index (χ1) is 15.5. The molecule has 1 heterocycles. The predicted octanol–water partition coefficient (Wildman–Crippen LogP) is 4.72. The molecular formula is C25H32FIN4O2.